The van der Waals surface area contributed by atoms with Gasteiger partial charge in [0.1, 0.15) is 17.3 Å². The van der Waals surface area contributed by atoms with E-state index in [1.54, 1.807) is 18.2 Å². The van der Waals surface area contributed by atoms with Crippen LogP contribution in [0.1, 0.15) is 35.2 Å². The maximum atomic E-state index is 12.6. The Labute approximate surface area is 148 Å². The van der Waals surface area contributed by atoms with Gasteiger partial charge in [0.2, 0.25) is 0 Å². The zero-order valence-electron chi connectivity index (χ0n) is 14.2. The summed E-state index contributed by atoms with van der Waals surface area (Å²) in [5, 5.41) is 41.2. The number of carboxylic acids is 1. The number of aromatic hydroxyl groups is 2. The molecule has 3 rings (SSSR count). The number of Topliss-reactive ketones (excluding diaryl/α,β-unsaturated/α-hetero) is 1. The van der Waals surface area contributed by atoms with Crippen LogP contribution in [0.25, 0.3) is 10.8 Å². The van der Waals surface area contributed by atoms with Crippen molar-refractivity contribution in [3.8, 4) is 11.5 Å². The first-order valence-corrected chi connectivity index (χ1v) is 7.89. The number of ketones is 1. The van der Waals surface area contributed by atoms with Crippen LogP contribution in [0.5, 0.6) is 11.5 Å². The quantitative estimate of drug-likeness (QED) is 0.490. The number of benzene rings is 2. The van der Waals surface area contributed by atoms with Crippen LogP contribution in [0.3, 0.4) is 0 Å². The van der Waals surface area contributed by atoms with E-state index in [1.807, 2.05) is 0 Å². The molecular formula is C19H18O7. The smallest absolute Gasteiger partial charge is 0.331 e. The zero-order chi connectivity index (χ0) is 19.2. The van der Waals surface area contributed by atoms with Gasteiger partial charge in [-0.15, -0.1) is 0 Å². The molecule has 26 heavy (non-hydrogen) atoms. The molecule has 0 aromatic heterocycles. The van der Waals surface area contributed by atoms with E-state index in [1.165, 1.54) is 20.1 Å². The lowest BCUT2D eigenvalue weighted by atomic mass is 9.70. The summed E-state index contributed by atoms with van der Waals surface area (Å²) in [6.07, 6.45) is 0.486. The summed E-state index contributed by atoms with van der Waals surface area (Å²) in [6, 6.07) is 6.15. The second kappa shape index (κ2) is 6.03. The van der Waals surface area contributed by atoms with Gasteiger partial charge in [-0.3, -0.25) is 4.79 Å². The number of phenols is 2. The van der Waals surface area contributed by atoms with Gasteiger partial charge in [0.25, 0.3) is 0 Å². The maximum absolute atomic E-state index is 12.6. The summed E-state index contributed by atoms with van der Waals surface area (Å²) in [4.78, 5) is 23.7. The fraction of sp³-hybridized carbons (Fsp3) is 0.263. The van der Waals surface area contributed by atoms with Crippen molar-refractivity contribution in [3.63, 3.8) is 0 Å². The third-order valence-electron chi connectivity index (χ3n) is 4.66. The molecule has 1 aliphatic carbocycles. The van der Waals surface area contributed by atoms with Crippen LogP contribution in [0.4, 0.5) is 0 Å². The Morgan fingerprint density at radius 1 is 1.35 bits per heavy atom. The molecule has 0 saturated heterocycles. The lowest BCUT2D eigenvalue weighted by Gasteiger charge is -2.38. The van der Waals surface area contributed by atoms with Crippen molar-refractivity contribution in [3.05, 3.63) is 47.2 Å². The highest BCUT2D eigenvalue weighted by atomic mass is 16.5. The minimum Gasteiger partial charge on any atom is -0.507 e. The van der Waals surface area contributed by atoms with Crippen LogP contribution in [0.2, 0.25) is 0 Å². The normalized spacial score (nSPS) is 23.0. The van der Waals surface area contributed by atoms with E-state index < -0.39 is 29.0 Å². The van der Waals surface area contributed by atoms with E-state index in [0.717, 1.165) is 6.08 Å². The highest BCUT2D eigenvalue weighted by Gasteiger charge is 2.46. The predicted molar refractivity (Wildman–Crippen MR) is 92.3 cm³/mol. The van der Waals surface area contributed by atoms with Crippen molar-refractivity contribution < 1.29 is 34.8 Å². The standard InChI is InChI=1S/C19H18O7/c1-19(25)8-12(21)16-10(17(19)13(26-2)7-14(22)23)6-9-4-3-5-11(20)15(9)18(16)24/h3-7,17,20,24-25H,8H2,1-2H3,(H,22,23)/b13-7+/t17-,19-/m1/s1. The van der Waals surface area contributed by atoms with E-state index in [0.29, 0.717) is 5.39 Å². The summed E-state index contributed by atoms with van der Waals surface area (Å²) in [7, 11) is 1.27. The van der Waals surface area contributed by atoms with Gasteiger partial charge < -0.3 is 25.2 Å². The first-order valence-electron chi connectivity index (χ1n) is 7.89. The molecule has 0 radical (unpaired) electrons. The van der Waals surface area contributed by atoms with Gasteiger partial charge >= 0.3 is 5.97 Å². The number of carbonyl (C=O) groups is 2. The number of carbonyl (C=O) groups excluding carboxylic acids is 1. The Morgan fingerprint density at radius 3 is 2.65 bits per heavy atom. The summed E-state index contributed by atoms with van der Waals surface area (Å²) in [5.41, 5.74) is -1.42. The molecule has 4 N–H and O–H groups in total. The van der Waals surface area contributed by atoms with Crippen LogP contribution >= 0.6 is 0 Å². The van der Waals surface area contributed by atoms with Gasteiger partial charge in [-0.05, 0) is 30.0 Å². The number of rotatable bonds is 3. The minimum absolute atomic E-state index is 0.0462. The first kappa shape index (κ1) is 17.8. The largest absolute Gasteiger partial charge is 0.507 e. The summed E-state index contributed by atoms with van der Waals surface area (Å²) in [5.74, 6) is -3.37. The molecule has 0 bridgehead atoms. The van der Waals surface area contributed by atoms with E-state index in [2.05, 4.69) is 0 Å². The first-order chi connectivity index (χ1) is 12.2. The average Bonchev–Trinajstić information content (AvgIpc) is 2.51. The van der Waals surface area contributed by atoms with Crippen LogP contribution in [-0.4, -0.2) is 44.9 Å². The molecule has 7 nitrogen and oxygen atoms in total. The summed E-state index contributed by atoms with van der Waals surface area (Å²) in [6.45, 7) is 1.41. The predicted octanol–water partition coefficient (Wildman–Crippen LogP) is 2.29. The van der Waals surface area contributed by atoms with Crippen molar-refractivity contribution in [2.75, 3.05) is 7.11 Å². The van der Waals surface area contributed by atoms with Crippen molar-refractivity contribution in [2.24, 2.45) is 0 Å². The van der Waals surface area contributed by atoms with E-state index in [9.17, 15) is 24.9 Å². The molecule has 0 aliphatic heterocycles. The lowest BCUT2D eigenvalue weighted by Crippen LogP contribution is -2.41. The molecule has 7 heteroatoms. The number of ether oxygens (including phenoxy) is 1. The van der Waals surface area contributed by atoms with E-state index in [4.69, 9.17) is 9.84 Å². The fourth-order valence-electron chi connectivity index (χ4n) is 3.65. The fourth-order valence-corrected chi connectivity index (χ4v) is 3.65. The van der Waals surface area contributed by atoms with Crippen LogP contribution < -0.4 is 0 Å². The molecule has 136 valence electrons. The zero-order valence-corrected chi connectivity index (χ0v) is 14.2. The Morgan fingerprint density at radius 2 is 2.04 bits per heavy atom. The molecule has 0 fully saturated rings. The molecule has 0 saturated carbocycles. The Bertz CT molecular complexity index is 956. The SMILES string of the molecule is CO/C(=C/C(=O)O)[C@H]1c2cc3cccc(O)c3c(O)c2C(=O)C[C@@]1(C)O. The number of aliphatic hydroxyl groups is 1. The van der Waals surface area contributed by atoms with Gasteiger partial charge in [0.05, 0.1) is 35.7 Å². The van der Waals surface area contributed by atoms with Crippen LogP contribution in [-0.2, 0) is 9.53 Å². The molecular weight excluding hydrogens is 340 g/mol. The van der Waals surface area contributed by atoms with E-state index in [-0.39, 0.29) is 34.4 Å². The van der Waals surface area contributed by atoms with Gasteiger partial charge in [-0.1, -0.05) is 12.1 Å². The van der Waals surface area contributed by atoms with Gasteiger partial charge in [0, 0.05) is 6.42 Å². The third kappa shape index (κ3) is 2.66. The van der Waals surface area contributed by atoms with Crippen LogP contribution in [0.15, 0.2) is 36.1 Å². The lowest BCUT2D eigenvalue weighted by molar-refractivity contribution is -0.131. The van der Waals surface area contributed by atoms with Crippen molar-refractivity contribution >= 4 is 22.5 Å². The summed E-state index contributed by atoms with van der Waals surface area (Å²) >= 11 is 0. The highest BCUT2D eigenvalue weighted by Crippen LogP contribution is 2.49. The van der Waals surface area contributed by atoms with Gasteiger partial charge in [0.15, 0.2) is 5.78 Å². The van der Waals surface area contributed by atoms with E-state index >= 15 is 0 Å². The molecule has 0 unspecified atom stereocenters. The number of aliphatic carboxylic acids is 1. The Balaban J connectivity index is 2.39. The number of hydrogen-bond acceptors (Lipinski definition) is 6. The topological polar surface area (TPSA) is 124 Å². The Hall–Kier alpha value is -3.06. The number of carboxylic acid groups (broad SMARTS) is 1. The molecule has 0 amide bonds. The highest BCUT2D eigenvalue weighted by molar-refractivity contribution is 6.09. The molecule has 2 atom stereocenters. The minimum atomic E-state index is -1.61. The van der Waals surface area contributed by atoms with Gasteiger partial charge in [-0.2, -0.15) is 0 Å². The third-order valence-corrected chi connectivity index (χ3v) is 4.66. The monoisotopic (exact) mass is 358 g/mol. The molecule has 0 spiro atoms. The van der Waals surface area contributed by atoms with Gasteiger partial charge in [-0.25, -0.2) is 4.79 Å². The molecule has 2 aromatic carbocycles. The van der Waals surface area contributed by atoms with Crippen molar-refractivity contribution in [2.45, 2.75) is 24.9 Å². The summed E-state index contributed by atoms with van der Waals surface area (Å²) < 4.78 is 5.18. The second-order valence-electron chi connectivity index (χ2n) is 6.54. The van der Waals surface area contributed by atoms with Crippen molar-refractivity contribution in [1.29, 1.82) is 0 Å². The number of methoxy groups -OCH3 is 1. The molecule has 2 aromatic rings. The number of fused-ring (bicyclic) bond motifs is 2. The Kier molecular flexibility index (Phi) is 4.12. The number of phenolic OH excluding ortho intramolecular Hbond substituents is 2. The molecule has 1 aliphatic rings. The van der Waals surface area contributed by atoms with Crippen LogP contribution in [0, 0.1) is 0 Å². The van der Waals surface area contributed by atoms with Crippen molar-refractivity contribution in [1.82, 2.24) is 0 Å². The average molecular weight is 358 g/mol. The maximum Gasteiger partial charge on any atom is 0.331 e. The second-order valence-corrected chi connectivity index (χ2v) is 6.54. The molecule has 0 heterocycles. The number of hydrogen-bond donors (Lipinski definition) is 4.